The molecule has 4 aliphatic rings. The van der Waals surface area contributed by atoms with Gasteiger partial charge in [-0.2, -0.15) is 0 Å². The fourth-order valence-corrected chi connectivity index (χ4v) is 6.65. The topological polar surface area (TPSA) is 38.8 Å². The third-order valence-electron chi connectivity index (χ3n) is 7.64. The quantitative estimate of drug-likeness (QED) is 0.740. The van der Waals surface area contributed by atoms with Crippen LogP contribution in [0.4, 0.5) is 0 Å². The lowest BCUT2D eigenvalue weighted by atomic mass is 9.66. The number of methoxy groups -OCH3 is 2. The SMILES string of the molecule is CCCC[C@@]12c3cc(OC)c(OC)cc3CCN1C(=O)[C@@H]1[C@H]2[C@@H]2C=C[C@H]1C2. The summed E-state index contributed by atoms with van der Waals surface area (Å²) in [5.41, 5.74) is 2.48. The number of rotatable bonds is 5. The van der Waals surface area contributed by atoms with Crippen molar-refractivity contribution in [3.63, 3.8) is 0 Å². The van der Waals surface area contributed by atoms with E-state index >= 15 is 0 Å². The summed E-state index contributed by atoms with van der Waals surface area (Å²) in [6, 6.07) is 4.33. The minimum absolute atomic E-state index is 0.172. The Morgan fingerprint density at radius 1 is 1.15 bits per heavy atom. The van der Waals surface area contributed by atoms with Gasteiger partial charge in [-0.05, 0) is 54.4 Å². The summed E-state index contributed by atoms with van der Waals surface area (Å²) in [7, 11) is 3.40. The van der Waals surface area contributed by atoms with E-state index in [1.165, 1.54) is 11.1 Å². The van der Waals surface area contributed by atoms with E-state index in [1.807, 2.05) is 0 Å². The molecule has 1 saturated heterocycles. The molecule has 0 spiro atoms. The maximum atomic E-state index is 13.5. The molecule has 0 aromatic heterocycles. The van der Waals surface area contributed by atoms with Crippen molar-refractivity contribution in [2.24, 2.45) is 23.7 Å². The molecule has 1 aromatic rings. The van der Waals surface area contributed by atoms with Gasteiger partial charge in [0.15, 0.2) is 11.5 Å². The van der Waals surface area contributed by atoms with Gasteiger partial charge in [0.1, 0.15) is 0 Å². The standard InChI is InChI=1S/C23H29NO3/c1-4-5-9-23-17-13-19(27-3)18(26-2)12-14(17)8-10-24(23)22(25)20-15-6-7-16(11-15)21(20)23/h6-7,12-13,15-16,20-21H,4-5,8-11H2,1-3H3/t15-,16+,20-,21+,23-/m0/s1. The lowest BCUT2D eigenvalue weighted by molar-refractivity contribution is -0.135. The van der Waals surface area contributed by atoms with Crippen molar-refractivity contribution in [3.8, 4) is 11.5 Å². The van der Waals surface area contributed by atoms with E-state index in [-0.39, 0.29) is 11.5 Å². The number of ether oxygens (including phenoxy) is 2. The number of carbonyl (C=O) groups excluding carboxylic acids is 1. The first-order valence-corrected chi connectivity index (χ1v) is 10.4. The Hall–Kier alpha value is -1.97. The molecule has 27 heavy (non-hydrogen) atoms. The van der Waals surface area contributed by atoms with E-state index in [9.17, 15) is 4.79 Å². The summed E-state index contributed by atoms with van der Waals surface area (Å²) in [6.07, 6.45) is 10.1. The third kappa shape index (κ3) is 2.07. The average molecular weight is 367 g/mol. The Labute approximate surface area is 161 Å². The molecular weight excluding hydrogens is 338 g/mol. The van der Waals surface area contributed by atoms with Crippen molar-refractivity contribution < 1.29 is 14.3 Å². The van der Waals surface area contributed by atoms with Gasteiger partial charge in [-0.25, -0.2) is 0 Å². The van der Waals surface area contributed by atoms with Crippen molar-refractivity contribution >= 4 is 5.91 Å². The average Bonchev–Trinajstić information content (AvgIpc) is 3.37. The Bertz CT molecular complexity index is 816. The zero-order chi connectivity index (χ0) is 18.8. The van der Waals surface area contributed by atoms with Gasteiger partial charge in [0, 0.05) is 12.5 Å². The highest BCUT2D eigenvalue weighted by atomic mass is 16.5. The lowest BCUT2D eigenvalue weighted by Crippen LogP contribution is -2.52. The van der Waals surface area contributed by atoms with Crippen molar-refractivity contribution in [1.29, 1.82) is 0 Å². The van der Waals surface area contributed by atoms with Gasteiger partial charge in [-0.15, -0.1) is 0 Å². The van der Waals surface area contributed by atoms with Gasteiger partial charge in [0.2, 0.25) is 5.91 Å². The number of amides is 1. The summed E-state index contributed by atoms with van der Waals surface area (Å²) in [6.45, 7) is 3.08. The van der Waals surface area contributed by atoms with Crippen molar-refractivity contribution in [2.75, 3.05) is 20.8 Å². The molecule has 5 rings (SSSR count). The van der Waals surface area contributed by atoms with Gasteiger partial charge in [-0.1, -0.05) is 31.9 Å². The first kappa shape index (κ1) is 17.2. The van der Waals surface area contributed by atoms with E-state index < -0.39 is 0 Å². The minimum atomic E-state index is -0.172. The molecule has 1 saturated carbocycles. The Kier molecular flexibility index (Phi) is 3.82. The molecule has 2 aliphatic carbocycles. The van der Waals surface area contributed by atoms with Crippen molar-refractivity contribution in [3.05, 3.63) is 35.4 Å². The van der Waals surface area contributed by atoms with Crippen LogP contribution in [0.1, 0.15) is 43.7 Å². The number of unbranched alkanes of at least 4 members (excludes halogenated alkanes) is 1. The maximum Gasteiger partial charge on any atom is 0.227 e. The predicted octanol–water partition coefficient (Wildman–Crippen LogP) is 3.93. The van der Waals surface area contributed by atoms with Crippen LogP contribution in [0, 0.1) is 23.7 Å². The number of hydrogen-bond donors (Lipinski definition) is 0. The number of nitrogens with zero attached hydrogens (tertiary/aromatic N) is 1. The molecule has 4 heteroatoms. The van der Waals surface area contributed by atoms with Gasteiger partial charge in [0.05, 0.1) is 25.7 Å². The van der Waals surface area contributed by atoms with Gasteiger partial charge in [0.25, 0.3) is 0 Å². The highest BCUT2D eigenvalue weighted by molar-refractivity contribution is 5.86. The summed E-state index contributed by atoms with van der Waals surface area (Å²) in [5.74, 6) is 3.53. The van der Waals surface area contributed by atoms with Crippen LogP contribution < -0.4 is 9.47 Å². The summed E-state index contributed by atoms with van der Waals surface area (Å²) >= 11 is 0. The van der Waals surface area contributed by atoms with E-state index in [0.29, 0.717) is 23.7 Å². The minimum Gasteiger partial charge on any atom is -0.493 e. The number of fused-ring (bicyclic) bond motifs is 9. The number of carbonyl (C=O) groups is 1. The number of allylic oxidation sites excluding steroid dienone is 2. The molecule has 2 heterocycles. The molecular formula is C23H29NO3. The van der Waals surface area contributed by atoms with E-state index in [0.717, 1.165) is 50.1 Å². The van der Waals surface area contributed by atoms with Crippen LogP contribution in [0.5, 0.6) is 11.5 Å². The first-order chi connectivity index (χ1) is 13.2. The van der Waals surface area contributed by atoms with Crippen LogP contribution in [0.15, 0.2) is 24.3 Å². The molecule has 0 unspecified atom stereocenters. The van der Waals surface area contributed by atoms with Crippen molar-refractivity contribution in [1.82, 2.24) is 4.90 Å². The van der Waals surface area contributed by atoms with E-state index in [1.54, 1.807) is 14.2 Å². The largest absolute Gasteiger partial charge is 0.493 e. The molecule has 2 aliphatic heterocycles. The second-order valence-corrected chi connectivity index (χ2v) is 8.63. The molecule has 2 fully saturated rings. The summed E-state index contributed by atoms with van der Waals surface area (Å²) < 4.78 is 11.2. The molecule has 1 aromatic carbocycles. The van der Waals surface area contributed by atoms with Crippen LogP contribution in [0.3, 0.4) is 0 Å². The summed E-state index contributed by atoms with van der Waals surface area (Å²) in [4.78, 5) is 15.8. The van der Waals surface area contributed by atoms with Gasteiger partial charge < -0.3 is 14.4 Å². The smallest absolute Gasteiger partial charge is 0.227 e. The monoisotopic (exact) mass is 367 g/mol. The zero-order valence-corrected chi connectivity index (χ0v) is 16.5. The van der Waals surface area contributed by atoms with Crippen LogP contribution in [-0.4, -0.2) is 31.6 Å². The Morgan fingerprint density at radius 2 is 1.89 bits per heavy atom. The van der Waals surface area contributed by atoms with Crippen LogP contribution >= 0.6 is 0 Å². The number of hydrogen-bond acceptors (Lipinski definition) is 3. The molecule has 1 amide bonds. The fraction of sp³-hybridized carbons (Fsp3) is 0.609. The lowest BCUT2D eigenvalue weighted by Gasteiger charge is -2.48. The highest BCUT2D eigenvalue weighted by Gasteiger charge is 2.67. The first-order valence-electron chi connectivity index (χ1n) is 10.4. The zero-order valence-electron chi connectivity index (χ0n) is 16.5. The number of benzene rings is 1. The van der Waals surface area contributed by atoms with Gasteiger partial charge in [-0.3, -0.25) is 4.79 Å². The van der Waals surface area contributed by atoms with Crippen LogP contribution in [0.25, 0.3) is 0 Å². The molecule has 144 valence electrons. The van der Waals surface area contributed by atoms with Gasteiger partial charge >= 0.3 is 0 Å². The fourth-order valence-electron chi connectivity index (χ4n) is 6.65. The second kappa shape index (κ2) is 6.02. The molecule has 5 atom stereocenters. The van der Waals surface area contributed by atoms with Crippen molar-refractivity contribution in [2.45, 2.75) is 44.6 Å². The normalized spacial score (nSPS) is 35.2. The molecule has 0 radical (unpaired) electrons. The highest BCUT2D eigenvalue weighted by Crippen LogP contribution is 2.64. The van der Waals surface area contributed by atoms with E-state index in [2.05, 4.69) is 36.1 Å². The van der Waals surface area contributed by atoms with Crippen LogP contribution in [-0.2, 0) is 16.8 Å². The second-order valence-electron chi connectivity index (χ2n) is 8.63. The Morgan fingerprint density at radius 3 is 2.63 bits per heavy atom. The predicted molar refractivity (Wildman–Crippen MR) is 104 cm³/mol. The van der Waals surface area contributed by atoms with E-state index in [4.69, 9.17) is 9.47 Å². The Balaban J connectivity index is 1.72. The summed E-state index contributed by atoms with van der Waals surface area (Å²) in [5, 5.41) is 0. The maximum absolute atomic E-state index is 13.5. The molecule has 4 nitrogen and oxygen atoms in total. The molecule has 2 bridgehead atoms. The molecule has 0 N–H and O–H groups in total. The van der Waals surface area contributed by atoms with Crippen LogP contribution in [0.2, 0.25) is 0 Å². The third-order valence-corrected chi connectivity index (χ3v) is 7.64.